The Hall–Kier alpha value is -0.610. The summed E-state index contributed by atoms with van der Waals surface area (Å²) in [7, 11) is 0. The van der Waals surface area contributed by atoms with Crippen molar-refractivity contribution in [2.45, 2.75) is 45.1 Å². The van der Waals surface area contributed by atoms with Crippen molar-refractivity contribution in [3.63, 3.8) is 0 Å². The topological polar surface area (TPSA) is 64.4 Å². The highest BCUT2D eigenvalue weighted by Gasteiger charge is 2.20. The van der Waals surface area contributed by atoms with Crippen LogP contribution in [-0.4, -0.2) is 31.7 Å². The van der Waals surface area contributed by atoms with Crippen LogP contribution in [0.15, 0.2) is 0 Å². The molecule has 94 valence electrons. The van der Waals surface area contributed by atoms with Crippen LogP contribution in [0.1, 0.15) is 39.0 Å². The molecule has 1 aliphatic heterocycles. The van der Waals surface area contributed by atoms with Crippen molar-refractivity contribution in [3.05, 3.63) is 0 Å². The predicted octanol–water partition coefficient (Wildman–Crippen LogP) is 1.05. The second-order valence-corrected chi connectivity index (χ2v) is 4.57. The zero-order valence-electron chi connectivity index (χ0n) is 10.2. The maximum atomic E-state index is 11.6. The second kappa shape index (κ2) is 7.63. The zero-order chi connectivity index (χ0) is 11.8. The number of hydrogen-bond acceptors (Lipinski definition) is 3. The highest BCUT2D eigenvalue weighted by molar-refractivity contribution is 5.76. The van der Waals surface area contributed by atoms with Gasteiger partial charge in [-0.15, -0.1) is 0 Å². The molecule has 0 radical (unpaired) electrons. The third kappa shape index (κ3) is 4.94. The maximum absolute atomic E-state index is 11.6. The molecule has 3 N–H and O–H groups in total. The van der Waals surface area contributed by atoms with Crippen molar-refractivity contribution in [2.24, 2.45) is 11.7 Å². The first-order valence-corrected chi connectivity index (χ1v) is 6.33. The van der Waals surface area contributed by atoms with E-state index in [4.69, 9.17) is 10.5 Å². The number of amides is 1. The molecule has 1 amide bonds. The van der Waals surface area contributed by atoms with Gasteiger partial charge in [0, 0.05) is 6.42 Å². The molecule has 0 spiro atoms. The summed E-state index contributed by atoms with van der Waals surface area (Å²) in [5, 5.41) is 2.96. The van der Waals surface area contributed by atoms with Gasteiger partial charge in [-0.25, -0.2) is 0 Å². The van der Waals surface area contributed by atoms with Gasteiger partial charge in [0.15, 0.2) is 0 Å². The number of nitrogens with one attached hydrogen (secondary N) is 1. The van der Waals surface area contributed by atoms with Crippen LogP contribution >= 0.6 is 0 Å². The lowest BCUT2D eigenvalue weighted by atomic mass is 9.94. The van der Waals surface area contributed by atoms with Gasteiger partial charge in [0.1, 0.15) is 0 Å². The van der Waals surface area contributed by atoms with Crippen LogP contribution in [0.25, 0.3) is 0 Å². The van der Waals surface area contributed by atoms with Crippen molar-refractivity contribution >= 4 is 5.91 Å². The fraction of sp³-hybridized carbons (Fsp3) is 0.917. The number of ether oxygens (including phenoxy) is 1. The molecule has 1 unspecified atom stereocenters. The minimum absolute atomic E-state index is 0.159. The van der Waals surface area contributed by atoms with Crippen LogP contribution < -0.4 is 11.1 Å². The van der Waals surface area contributed by atoms with Gasteiger partial charge >= 0.3 is 0 Å². The maximum Gasteiger partial charge on any atom is 0.220 e. The van der Waals surface area contributed by atoms with Gasteiger partial charge in [0.05, 0.1) is 19.3 Å². The SMILES string of the molecule is CCCC(CCN)CCC(=O)NC1COC1. The highest BCUT2D eigenvalue weighted by atomic mass is 16.5. The van der Waals surface area contributed by atoms with E-state index in [1.165, 1.54) is 12.8 Å². The molecule has 0 aromatic heterocycles. The average molecular weight is 228 g/mol. The standard InChI is InChI=1S/C12H24N2O2/c1-2-3-10(6-7-13)4-5-12(15)14-11-8-16-9-11/h10-11H,2-9,13H2,1H3,(H,14,15). The Morgan fingerprint density at radius 1 is 1.44 bits per heavy atom. The Kier molecular flexibility index (Phi) is 6.42. The Balaban J connectivity index is 2.11. The van der Waals surface area contributed by atoms with Crippen molar-refractivity contribution in [3.8, 4) is 0 Å². The molecule has 1 heterocycles. The van der Waals surface area contributed by atoms with E-state index < -0.39 is 0 Å². The minimum Gasteiger partial charge on any atom is -0.377 e. The van der Waals surface area contributed by atoms with E-state index in [1.54, 1.807) is 0 Å². The summed E-state index contributed by atoms with van der Waals surface area (Å²) in [5.74, 6) is 0.768. The Labute approximate surface area is 97.9 Å². The van der Waals surface area contributed by atoms with Gasteiger partial charge in [0.2, 0.25) is 5.91 Å². The molecule has 1 fully saturated rings. The largest absolute Gasteiger partial charge is 0.377 e. The molecule has 16 heavy (non-hydrogen) atoms. The molecular formula is C12H24N2O2. The molecule has 1 aliphatic rings. The summed E-state index contributed by atoms with van der Waals surface area (Å²) in [4.78, 5) is 11.6. The molecule has 0 aromatic rings. The predicted molar refractivity (Wildman–Crippen MR) is 64.1 cm³/mol. The van der Waals surface area contributed by atoms with Gasteiger partial charge in [-0.1, -0.05) is 19.8 Å². The van der Waals surface area contributed by atoms with Crippen LogP contribution in [-0.2, 0) is 9.53 Å². The van der Waals surface area contributed by atoms with Gasteiger partial charge in [-0.3, -0.25) is 4.79 Å². The first-order valence-electron chi connectivity index (χ1n) is 6.33. The molecular weight excluding hydrogens is 204 g/mol. The van der Waals surface area contributed by atoms with Crippen LogP contribution in [0.3, 0.4) is 0 Å². The van der Waals surface area contributed by atoms with Crippen LogP contribution in [0, 0.1) is 5.92 Å². The number of carbonyl (C=O) groups is 1. The molecule has 4 nitrogen and oxygen atoms in total. The van der Waals surface area contributed by atoms with E-state index in [0.717, 1.165) is 19.4 Å². The molecule has 0 aliphatic carbocycles. The summed E-state index contributed by atoms with van der Waals surface area (Å²) in [6, 6.07) is 0.256. The van der Waals surface area contributed by atoms with E-state index in [0.29, 0.717) is 25.6 Å². The van der Waals surface area contributed by atoms with Crippen LogP contribution in [0.4, 0.5) is 0 Å². The van der Waals surface area contributed by atoms with E-state index in [2.05, 4.69) is 12.2 Å². The monoisotopic (exact) mass is 228 g/mol. The summed E-state index contributed by atoms with van der Waals surface area (Å²) in [5.41, 5.74) is 5.56. The van der Waals surface area contributed by atoms with Crippen molar-refractivity contribution < 1.29 is 9.53 Å². The zero-order valence-corrected chi connectivity index (χ0v) is 10.2. The summed E-state index contributed by atoms with van der Waals surface area (Å²) in [6.45, 7) is 4.25. The van der Waals surface area contributed by atoms with Gasteiger partial charge in [0.25, 0.3) is 0 Å². The van der Waals surface area contributed by atoms with Crippen molar-refractivity contribution in [1.29, 1.82) is 0 Å². The fourth-order valence-electron chi connectivity index (χ4n) is 2.03. The van der Waals surface area contributed by atoms with Crippen molar-refractivity contribution in [1.82, 2.24) is 5.32 Å². The molecule has 0 aromatic carbocycles. The van der Waals surface area contributed by atoms with E-state index >= 15 is 0 Å². The third-order valence-corrected chi connectivity index (χ3v) is 3.05. The summed E-state index contributed by atoms with van der Waals surface area (Å²) in [6.07, 6.45) is 4.97. The highest BCUT2D eigenvalue weighted by Crippen LogP contribution is 2.17. The average Bonchev–Trinajstić information content (AvgIpc) is 2.21. The lowest BCUT2D eigenvalue weighted by molar-refractivity contribution is -0.125. The lowest BCUT2D eigenvalue weighted by Gasteiger charge is -2.27. The lowest BCUT2D eigenvalue weighted by Crippen LogP contribution is -2.48. The van der Waals surface area contributed by atoms with Crippen LogP contribution in [0.5, 0.6) is 0 Å². The molecule has 1 rings (SSSR count). The molecule has 1 atom stereocenters. The Bertz CT molecular complexity index is 199. The number of hydrogen-bond donors (Lipinski definition) is 2. The smallest absolute Gasteiger partial charge is 0.220 e. The third-order valence-electron chi connectivity index (χ3n) is 3.05. The summed E-state index contributed by atoms with van der Waals surface area (Å²) < 4.78 is 5.01. The number of carbonyl (C=O) groups excluding carboxylic acids is 1. The molecule has 0 bridgehead atoms. The minimum atomic E-state index is 0.159. The summed E-state index contributed by atoms with van der Waals surface area (Å²) >= 11 is 0. The van der Waals surface area contributed by atoms with Crippen LogP contribution in [0.2, 0.25) is 0 Å². The fourth-order valence-corrected chi connectivity index (χ4v) is 2.03. The number of rotatable bonds is 8. The van der Waals surface area contributed by atoms with Gasteiger partial charge in [-0.05, 0) is 25.3 Å². The molecule has 1 saturated heterocycles. The first-order chi connectivity index (χ1) is 7.76. The quantitative estimate of drug-likeness (QED) is 0.652. The normalized spacial score (nSPS) is 17.9. The Morgan fingerprint density at radius 2 is 2.19 bits per heavy atom. The van der Waals surface area contributed by atoms with E-state index in [-0.39, 0.29) is 11.9 Å². The van der Waals surface area contributed by atoms with Crippen molar-refractivity contribution in [2.75, 3.05) is 19.8 Å². The second-order valence-electron chi connectivity index (χ2n) is 4.57. The number of nitrogens with two attached hydrogens (primary N) is 1. The molecule has 0 saturated carbocycles. The van der Waals surface area contributed by atoms with E-state index in [9.17, 15) is 4.79 Å². The first kappa shape index (κ1) is 13.5. The molecule has 4 heteroatoms. The van der Waals surface area contributed by atoms with Gasteiger partial charge in [-0.2, -0.15) is 0 Å². The van der Waals surface area contributed by atoms with Gasteiger partial charge < -0.3 is 15.8 Å². The van der Waals surface area contributed by atoms with E-state index in [1.807, 2.05) is 0 Å². The Morgan fingerprint density at radius 3 is 2.69 bits per heavy atom.